The summed E-state index contributed by atoms with van der Waals surface area (Å²) in [6.07, 6.45) is -4.57. The normalized spacial score (nSPS) is 14.8. The van der Waals surface area contributed by atoms with E-state index < -0.39 is 17.6 Å². The first kappa shape index (κ1) is 20.8. The lowest BCUT2D eigenvalue weighted by Crippen LogP contribution is -2.49. The number of anilines is 1. The van der Waals surface area contributed by atoms with Gasteiger partial charge in [0.15, 0.2) is 5.78 Å². The summed E-state index contributed by atoms with van der Waals surface area (Å²) >= 11 is 0. The van der Waals surface area contributed by atoms with Crippen LogP contribution in [0.5, 0.6) is 0 Å². The van der Waals surface area contributed by atoms with E-state index in [-0.39, 0.29) is 18.1 Å². The van der Waals surface area contributed by atoms with Crippen LogP contribution in [0.3, 0.4) is 0 Å². The van der Waals surface area contributed by atoms with E-state index in [0.29, 0.717) is 43.0 Å². The molecule has 1 amide bonds. The first-order valence-corrected chi connectivity index (χ1v) is 9.14. The average Bonchev–Trinajstić information content (AvgIpc) is 2.67. The number of nitrogens with zero attached hydrogens (tertiary/aromatic N) is 2. The van der Waals surface area contributed by atoms with E-state index in [1.54, 1.807) is 21.9 Å². The van der Waals surface area contributed by atoms with Crippen molar-refractivity contribution in [2.24, 2.45) is 0 Å². The van der Waals surface area contributed by atoms with Crippen LogP contribution in [0.25, 0.3) is 0 Å². The Bertz CT molecular complexity index is 919. The average molecular weight is 408 g/mol. The molecule has 1 aliphatic heterocycles. The molecular formula is C21H20F4N2O2. The molecule has 0 unspecified atom stereocenters. The van der Waals surface area contributed by atoms with E-state index >= 15 is 0 Å². The van der Waals surface area contributed by atoms with E-state index in [2.05, 4.69) is 0 Å². The lowest BCUT2D eigenvalue weighted by molar-refractivity contribution is -0.138. The Kier molecular flexibility index (Phi) is 5.91. The van der Waals surface area contributed by atoms with Crippen LogP contribution in [0.2, 0.25) is 0 Å². The zero-order valence-corrected chi connectivity index (χ0v) is 15.8. The van der Waals surface area contributed by atoms with E-state index in [1.165, 1.54) is 25.1 Å². The number of carbonyl (C=O) groups is 2. The lowest BCUT2D eigenvalue weighted by atomic mass is 10.1. The Hall–Kier alpha value is -2.90. The number of amides is 1. The maximum Gasteiger partial charge on any atom is 0.416 e. The van der Waals surface area contributed by atoms with Crippen molar-refractivity contribution < 1.29 is 27.2 Å². The quantitative estimate of drug-likeness (QED) is 0.569. The highest BCUT2D eigenvalue weighted by atomic mass is 19.4. The lowest BCUT2D eigenvalue weighted by Gasteiger charge is -2.36. The van der Waals surface area contributed by atoms with Gasteiger partial charge in [-0.2, -0.15) is 13.2 Å². The number of piperazine rings is 1. The number of hydrogen-bond acceptors (Lipinski definition) is 3. The summed E-state index contributed by atoms with van der Waals surface area (Å²) < 4.78 is 52.8. The Morgan fingerprint density at radius 2 is 1.69 bits per heavy atom. The molecule has 3 rings (SSSR count). The van der Waals surface area contributed by atoms with Crippen LogP contribution in [0, 0.1) is 5.82 Å². The molecule has 0 aliphatic carbocycles. The minimum Gasteiger partial charge on any atom is -0.366 e. The number of halogens is 4. The molecule has 1 fully saturated rings. The maximum absolute atomic E-state index is 14.3. The summed E-state index contributed by atoms with van der Waals surface area (Å²) in [4.78, 5) is 27.2. The van der Waals surface area contributed by atoms with Gasteiger partial charge in [0, 0.05) is 31.7 Å². The number of ketones is 1. The van der Waals surface area contributed by atoms with Gasteiger partial charge >= 0.3 is 6.18 Å². The predicted octanol–water partition coefficient (Wildman–Crippen LogP) is 3.94. The van der Waals surface area contributed by atoms with Gasteiger partial charge in [0.2, 0.25) is 5.91 Å². The molecule has 0 aromatic heterocycles. The van der Waals surface area contributed by atoms with Gasteiger partial charge in [0.1, 0.15) is 5.82 Å². The van der Waals surface area contributed by atoms with E-state index in [9.17, 15) is 27.2 Å². The molecule has 4 nitrogen and oxygen atoms in total. The Morgan fingerprint density at radius 1 is 1.00 bits per heavy atom. The minimum absolute atomic E-state index is 0.119. The predicted molar refractivity (Wildman–Crippen MR) is 100 cm³/mol. The molecule has 0 bridgehead atoms. The topological polar surface area (TPSA) is 40.6 Å². The molecule has 0 atom stereocenters. The standard InChI is InChI=1S/C21H20F4N2O2/c1-14(28)16-5-6-19(18(22)13-16)26-7-9-27(10-8-26)20(29)12-15-3-2-4-17(11-15)21(23,24)25/h2-6,11,13H,7-10,12H2,1H3. The molecule has 154 valence electrons. The number of alkyl halides is 3. The number of carbonyl (C=O) groups excluding carboxylic acids is 2. The van der Waals surface area contributed by atoms with Gasteiger partial charge in [-0.25, -0.2) is 4.39 Å². The summed E-state index contributed by atoms with van der Waals surface area (Å²) in [5.41, 5.74) is 0.177. The van der Waals surface area contributed by atoms with Crippen molar-refractivity contribution >= 4 is 17.4 Å². The van der Waals surface area contributed by atoms with Gasteiger partial charge in [0.05, 0.1) is 17.7 Å². The second kappa shape index (κ2) is 8.23. The van der Waals surface area contributed by atoms with Crippen molar-refractivity contribution in [1.82, 2.24) is 4.90 Å². The van der Waals surface area contributed by atoms with Gasteiger partial charge in [-0.05, 0) is 36.8 Å². The molecule has 1 aliphatic rings. The van der Waals surface area contributed by atoms with Gasteiger partial charge < -0.3 is 9.80 Å². The van der Waals surface area contributed by atoms with Gasteiger partial charge in [-0.15, -0.1) is 0 Å². The van der Waals surface area contributed by atoms with Crippen LogP contribution in [0.15, 0.2) is 42.5 Å². The van der Waals surface area contributed by atoms with E-state index in [0.717, 1.165) is 12.1 Å². The molecule has 29 heavy (non-hydrogen) atoms. The third-order valence-corrected chi connectivity index (χ3v) is 4.94. The van der Waals surface area contributed by atoms with Crippen LogP contribution < -0.4 is 4.90 Å². The summed E-state index contributed by atoms with van der Waals surface area (Å²) in [5.74, 6) is -0.988. The molecule has 2 aromatic rings. The number of benzene rings is 2. The van der Waals surface area contributed by atoms with Crippen molar-refractivity contribution in [2.45, 2.75) is 19.5 Å². The van der Waals surface area contributed by atoms with Crippen molar-refractivity contribution in [3.8, 4) is 0 Å². The first-order valence-electron chi connectivity index (χ1n) is 9.14. The SMILES string of the molecule is CC(=O)c1ccc(N2CCN(C(=O)Cc3cccc(C(F)(F)F)c3)CC2)c(F)c1. The fourth-order valence-electron chi connectivity index (χ4n) is 3.32. The number of hydrogen-bond donors (Lipinski definition) is 0. The largest absolute Gasteiger partial charge is 0.416 e. The van der Waals surface area contributed by atoms with Crippen LogP contribution >= 0.6 is 0 Å². The second-order valence-corrected chi connectivity index (χ2v) is 6.97. The smallest absolute Gasteiger partial charge is 0.366 e. The van der Waals surface area contributed by atoms with Crippen LogP contribution in [0.1, 0.15) is 28.4 Å². The third-order valence-electron chi connectivity index (χ3n) is 4.94. The van der Waals surface area contributed by atoms with Crippen LogP contribution in [0.4, 0.5) is 23.2 Å². The zero-order chi connectivity index (χ0) is 21.2. The summed E-state index contributed by atoms with van der Waals surface area (Å²) in [6, 6.07) is 9.05. The summed E-state index contributed by atoms with van der Waals surface area (Å²) in [6.45, 7) is 2.83. The maximum atomic E-state index is 14.3. The fraction of sp³-hybridized carbons (Fsp3) is 0.333. The van der Waals surface area contributed by atoms with Crippen molar-refractivity contribution in [1.29, 1.82) is 0 Å². The third kappa shape index (κ3) is 4.93. The number of Topliss-reactive ketones (excluding diaryl/α,β-unsaturated/α-hetero) is 1. The molecular weight excluding hydrogens is 388 g/mol. The van der Waals surface area contributed by atoms with E-state index in [4.69, 9.17) is 0 Å². The first-order chi connectivity index (χ1) is 13.6. The number of rotatable bonds is 4. The monoisotopic (exact) mass is 408 g/mol. The van der Waals surface area contributed by atoms with Crippen molar-refractivity contribution in [2.75, 3.05) is 31.1 Å². The van der Waals surface area contributed by atoms with Gasteiger partial charge in [-0.1, -0.05) is 18.2 Å². The Morgan fingerprint density at radius 3 is 2.28 bits per heavy atom. The summed E-state index contributed by atoms with van der Waals surface area (Å²) in [7, 11) is 0. The highest BCUT2D eigenvalue weighted by Gasteiger charge is 2.31. The van der Waals surface area contributed by atoms with E-state index in [1.807, 2.05) is 0 Å². The second-order valence-electron chi connectivity index (χ2n) is 6.97. The molecule has 8 heteroatoms. The van der Waals surface area contributed by atoms with Crippen molar-refractivity contribution in [3.63, 3.8) is 0 Å². The zero-order valence-electron chi connectivity index (χ0n) is 15.8. The molecule has 0 saturated carbocycles. The highest BCUT2D eigenvalue weighted by Crippen LogP contribution is 2.29. The van der Waals surface area contributed by atoms with Crippen LogP contribution in [-0.2, 0) is 17.4 Å². The van der Waals surface area contributed by atoms with Gasteiger partial charge in [-0.3, -0.25) is 9.59 Å². The molecule has 0 radical (unpaired) electrons. The Labute approximate surface area is 165 Å². The molecule has 1 heterocycles. The summed E-state index contributed by atoms with van der Waals surface area (Å²) in [5, 5.41) is 0. The van der Waals surface area contributed by atoms with Crippen LogP contribution in [-0.4, -0.2) is 42.8 Å². The highest BCUT2D eigenvalue weighted by molar-refractivity contribution is 5.94. The molecule has 0 N–H and O–H groups in total. The molecule has 0 spiro atoms. The Balaban J connectivity index is 1.61. The van der Waals surface area contributed by atoms with Gasteiger partial charge in [0.25, 0.3) is 0 Å². The molecule has 2 aromatic carbocycles. The minimum atomic E-state index is -4.45. The van der Waals surface area contributed by atoms with Crippen molar-refractivity contribution in [3.05, 3.63) is 65.0 Å². The fourth-order valence-corrected chi connectivity index (χ4v) is 3.32. The molecule has 1 saturated heterocycles.